The first kappa shape index (κ1) is 15.5. The Morgan fingerprint density at radius 1 is 1.32 bits per heavy atom. The smallest absolute Gasteiger partial charge is 0.228 e. The third-order valence-corrected chi connectivity index (χ3v) is 3.06. The van der Waals surface area contributed by atoms with E-state index in [0.29, 0.717) is 6.42 Å². The average Bonchev–Trinajstić information content (AvgIpc) is 2.28. The Labute approximate surface area is 115 Å². The Bertz CT molecular complexity index is 476. The minimum Gasteiger partial charge on any atom is -0.496 e. The maximum absolute atomic E-state index is 12.2. The van der Waals surface area contributed by atoms with E-state index < -0.39 is 5.54 Å². The molecule has 0 heterocycles. The fourth-order valence-electron chi connectivity index (χ4n) is 2.00. The van der Waals surface area contributed by atoms with Crippen LogP contribution in [0.1, 0.15) is 31.4 Å². The Kier molecular flexibility index (Phi) is 4.58. The fourth-order valence-corrected chi connectivity index (χ4v) is 2.00. The summed E-state index contributed by atoms with van der Waals surface area (Å²) < 4.78 is 5.28. The van der Waals surface area contributed by atoms with Gasteiger partial charge in [0.1, 0.15) is 5.75 Å². The van der Waals surface area contributed by atoms with Crippen LogP contribution in [0.15, 0.2) is 12.1 Å². The number of nitrogens with zero attached hydrogens (tertiary/aromatic N) is 1. The number of hydrogen-bond donors (Lipinski definition) is 1. The molecule has 106 valence electrons. The van der Waals surface area contributed by atoms with E-state index in [1.165, 1.54) is 0 Å². The number of nitrogens with two attached hydrogens (primary N) is 1. The summed E-state index contributed by atoms with van der Waals surface area (Å²) in [6, 6.07) is 3.91. The van der Waals surface area contributed by atoms with Gasteiger partial charge in [0.15, 0.2) is 0 Å². The first-order chi connectivity index (χ1) is 8.65. The fraction of sp³-hybridized carbons (Fsp3) is 0.533. The van der Waals surface area contributed by atoms with Gasteiger partial charge in [0.2, 0.25) is 5.91 Å². The molecule has 0 aromatic heterocycles. The predicted octanol–water partition coefficient (Wildman–Crippen LogP) is 2.40. The van der Waals surface area contributed by atoms with Gasteiger partial charge in [-0.3, -0.25) is 4.79 Å². The van der Waals surface area contributed by atoms with E-state index in [-0.39, 0.29) is 5.91 Å². The van der Waals surface area contributed by atoms with Gasteiger partial charge in [0.05, 0.1) is 7.11 Å². The molecule has 0 unspecified atom stereocenters. The lowest BCUT2D eigenvalue weighted by Gasteiger charge is -2.25. The van der Waals surface area contributed by atoms with Crippen LogP contribution >= 0.6 is 0 Å². The maximum Gasteiger partial charge on any atom is 0.228 e. The minimum atomic E-state index is -0.499. The zero-order valence-corrected chi connectivity index (χ0v) is 12.7. The average molecular weight is 264 g/mol. The molecule has 0 spiro atoms. The van der Waals surface area contributed by atoms with Crippen molar-refractivity contribution in [2.24, 2.45) is 5.73 Å². The van der Waals surface area contributed by atoms with Crippen molar-refractivity contribution in [2.45, 2.75) is 39.7 Å². The van der Waals surface area contributed by atoms with Gasteiger partial charge in [-0.15, -0.1) is 0 Å². The second kappa shape index (κ2) is 5.61. The Hall–Kier alpha value is -1.55. The van der Waals surface area contributed by atoms with Crippen molar-refractivity contribution < 1.29 is 9.53 Å². The van der Waals surface area contributed by atoms with Gasteiger partial charge in [0.25, 0.3) is 0 Å². The highest BCUT2D eigenvalue weighted by Gasteiger charge is 2.21. The Balaban J connectivity index is 3.03. The quantitative estimate of drug-likeness (QED) is 0.908. The molecular formula is C15H24N2O2. The standard InChI is InChI=1S/C15H24N2O2/c1-10-8-13(19-6)11(2)7-12(10)17(5)14(18)9-15(3,4)16/h7-8H,9,16H2,1-6H3. The lowest BCUT2D eigenvalue weighted by molar-refractivity contribution is -0.119. The molecule has 0 aliphatic heterocycles. The third-order valence-electron chi connectivity index (χ3n) is 3.06. The van der Waals surface area contributed by atoms with Gasteiger partial charge in [-0.05, 0) is 51.0 Å². The summed E-state index contributed by atoms with van der Waals surface area (Å²) in [5.41, 5.74) is 8.31. The number of amides is 1. The molecule has 0 aliphatic rings. The number of methoxy groups -OCH3 is 1. The van der Waals surface area contributed by atoms with Gasteiger partial charge >= 0.3 is 0 Å². The highest BCUT2D eigenvalue weighted by Crippen LogP contribution is 2.28. The van der Waals surface area contributed by atoms with Crippen molar-refractivity contribution in [3.8, 4) is 5.75 Å². The number of benzene rings is 1. The van der Waals surface area contributed by atoms with Crippen LogP contribution < -0.4 is 15.4 Å². The van der Waals surface area contributed by atoms with Crippen molar-refractivity contribution in [3.05, 3.63) is 23.3 Å². The molecule has 0 saturated carbocycles. The molecule has 1 amide bonds. The van der Waals surface area contributed by atoms with Crippen LogP contribution in [0, 0.1) is 13.8 Å². The molecule has 0 radical (unpaired) electrons. The van der Waals surface area contributed by atoms with Gasteiger partial charge in [-0.1, -0.05) is 0 Å². The lowest BCUT2D eigenvalue weighted by atomic mass is 10.0. The van der Waals surface area contributed by atoms with E-state index in [1.807, 2.05) is 39.8 Å². The van der Waals surface area contributed by atoms with Crippen LogP contribution in [0.4, 0.5) is 5.69 Å². The third kappa shape index (κ3) is 3.96. The number of anilines is 1. The van der Waals surface area contributed by atoms with Crippen molar-refractivity contribution >= 4 is 11.6 Å². The van der Waals surface area contributed by atoms with E-state index in [4.69, 9.17) is 10.5 Å². The van der Waals surface area contributed by atoms with Crippen molar-refractivity contribution in [3.63, 3.8) is 0 Å². The van der Waals surface area contributed by atoms with Crippen LogP contribution in [0.2, 0.25) is 0 Å². The van der Waals surface area contributed by atoms with Crippen molar-refractivity contribution in [1.29, 1.82) is 0 Å². The van der Waals surface area contributed by atoms with Gasteiger partial charge < -0.3 is 15.4 Å². The molecule has 0 aliphatic carbocycles. The molecule has 2 N–H and O–H groups in total. The number of carbonyl (C=O) groups excluding carboxylic acids is 1. The van der Waals surface area contributed by atoms with E-state index in [9.17, 15) is 4.79 Å². The number of aryl methyl sites for hydroxylation is 2. The molecule has 4 heteroatoms. The van der Waals surface area contributed by atoms with E-state index in [1.54, 1.807) is 19.1 Å². The summed E-state index contributed by atoms with van der Waals surface area (Å²) >= 11 is 0. The zero-order chi connectivity index (χ0) is 14.8. The molecular weight excluding hydrogens is 240 g/mol. The SMILES string of the molecule is COc1cc(C)c(N(C)C(=O)CC(C)(C)N)cc1C. The largest absolute Gasteiger partial charge is 0.496 e. The summed E-state index contributed by atoms with van der Waals surface area (Å²) in [6.45, 7) is 7.64. The molecule has 1 aromatic carbocycles. The topological polar surface area (TPSA) is 55.6 Å². The monoisotopic (exact) mass is 264 g/mol. The molecule has 0 atom stereocenters. The highest BCUT2D eigenvalue weighted by molar-refractivity contribution is 5.94. The maximum atomic E-state index is 12.2. The van der Waals surface area contributed by atoms with Crippen LogP contribution in [0.3, 0.4) is 0 Å². The molecule has 4 nitrogen and oxygen atoms in total. The summed E-state index contributed by atoms with van der Waals surface area (Å²) in [5.74, 6) is 0.849. The first-order valence-electron chi connectivity index (χ1n) is 6.36. The van der Waals surface area contributed by atoms with E-state index >= 15 is 0 Å². The van der Waals surface area contributed by atoms with Crippen LogP contribution in [0.25, 0.3) is 0 Å². The van der Waals surface area contributed by atoms with Gasteiger partial charge in [0, 0.05) is 24.7 Å². The Morgan fingerprint density at radius 3 is 2.37 bits per heavy atom. The van der Waals surface area contributed by atoms with Crippen LogP contribution in [-0.4, -0.2) is 25.6 Å². The summed E-state index contributed by atoms with van der Waals surface area (Å²) in [6.07, 6.45) is 0.314. The number of carbonyl (C=O) groups is 1. The van der Waals surface area contributed by atoms with Crippen molar-refractivity contribution in [1.82, 2.24) is 0 Å². The lowest BCUT2D eigenvalue weighted by Crippen LogP contribution is -2.40. The van der Waals surface area contributed by atoms with E-state index in [2.05, 4.69) is 0 Å². The van der Waals surface area contributed by atoms with E-state index in [0.717, 1.165) is 22.6 Å². The molecule has 19 heavy (non-hydrogen) atoms. The second-order valence-electron chi connectivity index (χ2n) is 5.73. The normalized spacial score (nSPS) is 11.3. The predicted molar refractivity (Wildman–Crippen MR) is 78.8 cm³/mol. The first-order valence-corrected chi connectivity index (χ1v) is 6.36. The van der Waals surface area contributed by atoms with Crippen molar-refractivity contribution in [2.75, 3.05) is 19.1 Å². The minimum absolute atomic E-state index is 0.0140. The second-order valence-corrected chi connectivity index (χ2v) is 5.73. The van der Waals surface area contributed by atoms with Gasteiger partial charge in [-0.25, -0.2) is 0 Å². The highest BCUT2D eigenvalue weighted by atomic mass is 16.5. The summed E-state index contributed by atoms with van der Waals surface area (Å²) in [5, 5.41) is 0. The van der Waals surface area contributed by atoms with Crippen LogP contribution in [0.5, 0.6) is 5.75 Å². The number of rotatable bonds is 4. The van der Waals surface area contributed by atoms with Gasteiger partial charge in [-0.2, -0.15) is 0 Å². The number of ether oxygens (including phenoxy) is 1. The molecule has 0 bridgehead atoms. The summed E-state index contributed by atoms with van der Waals surface area (Å²) in [7, 11) is 3.43. The molecule has 1 rings (SSSR count). The van der Waals surface area contributed by atoms with Crippen LogP contribution in [-0.2, 0) is 4.79 Å². The molecule has 1 aromatic rings. The number of hydrogen-bond acceptors (Lipinski definition) is 3. The zero-order valence-electron chi connectivity index (χ0n) is 12.7. The summed E-state index contributed by atoms with van der Waals surface area (Å²) in [4.78, 5) is 13.9. The Morgan fingerprint density at radius 2 is 1.89 bits per heavy atom. The molecule has 0 saturated heterocycles. The molecule has 0 fully saturated rings.